The van der Waals surface area contributed by atoms with Crippen molar-refractivity contribution >= 4 is 11.8 Å². The fraction of sp³-hybridized carbons (Fsp3) is 0.381. The molecule has 4 rings (SSSR count). The zero-order chi connectivity index (χ0) is 21.5. The van der Waals surface area contributed by atoms with Crippen molar-refractivity contribution in [2.45, 2.75) is 24.6 Å². The van der Waals surface area contributed by atoms with Crippen LogP contribution in [0.25, 0.3) is 11.1 Å². The highest BCUT2D eigenvalue weighted by Crippen LogP contribution is 2.37. The first kappa shape index (κ1) is 20.3. The number of carbonyl (C=O) groups excluding carboxylic acids is 2. The number of nitrogens with zero attached hydrogens (tertiary/aromatic N) is 3. The predicted octanol–water partition coefficient (Wildman–Crippen LogP) is 2.58. The van der Waals surface area contributed by atoms with Crippen LogP contribution in [-0.2, 0) is 11.0 Å². The molecule has 0 spiro atoms. The molecule has 1 aromatic carbocycles. The third-order valence-corrected chi connectivity index (χ3v) is 5.49. The molecule has 0 atom stereocenters. The maximum absolute atomic E-state index is 12.7. The highest BCUT2D eigenvalue weighted by molar-refractivity contribution is 5.95. The van der Waals surface area contributed by atoms with Gasteiger partial charge in [0, 0.05) is 43.5 Å². The number of alkyl halides is 3. The minimum Gasteiger partial charge on any atom is -0.380 e. The van der Waals surface area contributed by atoms with Crippen LogP contribution in [0.15, 0.2) is 42.6 Å². The Balaban J connectivity index is 1.38. The number of hydrogen-bond donors (Lipinski definition) is 1. The molecule has 2 amide bonds. The zero-order valence-corrected chi connectivity index (χ0v) is 16.0. The van der Waals surface area contributed by atoms with Gasteiger partial charge in [0.05, 0.1) is 0 Å². The molecule has 9 heteroatoms. The van der Waals surface area contributed by atoms with E-state index in [-0.39, 0.29) is 11.8 Å². The molecule has 1 N–H and O–H groups in total. The fourth-order valence-electron chi connectivity index (χ4n) is 3.46. The minimum absolute atomic E-state index is 0.177. The average Bonchev–Trinajstić information content (AvgIpc) is 3.51. The number of pyridine rings is 1. The summed E-state index contributed by atoms with van der Waals surface area (Å²) in [4.78, 5) is 31.6. The largest absolute Gasteiger partial charge is 0.433 e. The van der Waals surface area contributed by atoms with Gasteiger partial charge < -0.3 is 14.9 Å². The van der Waals surface area contributed by atoms with Gasteiger partial charge in [-0.15, -0.1) is 0 Å². The van der Waals surface area contributed by atoms with Crippen molar-refractivity contribution in [3.63, 3.8) is 0 Å². The Labute approximate surface area is 170 Å². The van der Waals surface area contributed by atoms with E-state index in [1.165, 1.54) is 6.07 Å². The van der Waals surface area contributed by atoms with Gasteiger partial charge in [-0.1, -0.05) is 18.2 Å². The van der Waals surface area contributed by atoms with Gasteiger partial charge in [-0.05, 0) is 36.6 Å². The number of amides is 2. The molecule has 2 aromatic rings. The van der Waals surface area contributed by atoms with E-state index in [9.17, 15) is 27.9 Å². The van der Waals surface area contributed by atoms with Gasteiger partial charge in [0.25, 0.3) is 11.8 Å². The summed E-state index contributed by atoms with van der Waals surface area (Å²) < 4.78 is 37.9. The van der Waals surface area contributed by atoms with Crippen LogP contribution >= 0.6 is 0 Å². The summed E-state index contributed by atoms with van der Waals surface area (Å²) in [6.07, 6.45) is -2.35. The van der Waals surface area contributed by atoms with Gasteiger partial charge in [0.1, 0.15) is 11.3 Å². The fourth-order valence-corrected chi connectivity index (χ4v) is 3.46. The van der Waals surface area contributed by atoms with Crippen LogP contribution in [0, 0.1) is 0 Å². The quantitative estimate of drug-likeness (QED) is 0.830. The Hall–Kier alpha value is -2.94. The van der Waals surface area contributed by atoms with Gasteiger partial charge in [-0.3, -0.25) is 14.6 Å². The Morgan fingerprint density at radius 1 is 0.900 bits per heavy atom. The van der Waals surface area contributed by atoms with Crippen LogP contribution in [-0.4, -0.2) is 63.5 Å². The molecule has 0 radical (unpaired) electrons. The SMILES string of the molecule is O=C(c1ccc(-c2ccc(C(F)(F)F)nc2)cc1)N1CCN(C(=O)C2(O)CC2)CC1. The smallest absolute Gasteiger partial charge is 0.380 e. The number of halogens is 3. The molecular formula is C21H20F3N3O3. The number of benzene rings is 1. The highest BCUT2D eigenvalue weighted by Gasteiger charge is 2.50. The van der Waals surface area contributed by atoms with Crippen molar-refractivity contribution in [3.05, 3.63) is 53.9 Å². The van der Waals surface area contributed by atoms with Gasteiger partial charge in [-0.2, -0.15) is 13.2 Å². The van der Waals surface area contributed by atoms with E-state index >= 15 is 0 Å². The molecule has 0 bridgehead atoms. The van der Waals surface area contributed by atoms with Crippen LogP contribution in [0.3, 0.4) is 0 Å². The van der Waals surface area contributed by atoms with Crippen LogP contribution in [0.2, 0.25) is 0 Å². The van der Waals surface area contributed by atoms with Crippen molar-refractivity contribution in [2.75, 3.05) is 26.2 Å². The van der Waals surface area contributed by atoms with Crippen molar-refractivity contribution in [1.82, 2.24) is 14.8 Å². The predicted molar refractivity (Wildman–Crippen MR) is 101 cm³/mol. The lowest BCUT2D eigenvalue weighted by Gasteiger charge is -2.35. The molecule has 30 heavy (non-hydrogen) atoms. The van der Waals surface area contributed by atoms with Crippen LogP contribution in [0.4, 0.5) is 13.2 Å². The van der Waals surface area contributed by atoms with Crippen LogP contribution in [0.1, 0.15) is 28.9 Å². The first-order valence-corrected chi connectivity index (χ1v) is 9.62. The van der Waals surface area contributed by atoms with Gasteiger partial charge in [0.15, 0.2) is 0 Å². The second-order valence-corrected chi connectivity index (χ2v) is 7.62. The normalized spacial score (nSPS) is 18.3. The molecule has 2 fully saturated rings. The number of hydrogen-bond acceptors (Lipinski definition) is 4. The second-order valence-electron chi connectivity index (χ2n) is 7.62. The van der Waals surface area contributed by atoms with E-state index < -0.39 is 17.5 Å². The molecule has 0 unspecified atom stereocenters. The number of rotatable bonds is 3. The Bertz CT molecular complexity index is 946. The van der Waals surface area contributed by atoms with Crippen molar-refractivity contribution in [1.29, 1.82) is 0 Å². The van der Waals surface area contributed by atoms with Gasteiger partial charge in [0.2, 0.25) is 0 Å². The van der Waals surface area contributed by atoms with E-state index in [2.05, 4.69) is 4.98 Å². The minimum atomic E-state index is -4.49. The Kier molecular flexibility index (Phi) is 5.01. The third-order valence-electron chi connectivity index (χ3n) is 5.49. The van der Waals surface area contributed by atoms with E-state index in [0.29, 0.717) is 55.7 Å². The van der Waals surface area contributed by atoms with Crippen LogP contribution in [0.5, 0.6) is 0 Å². The molecule has 158 valence electrons. The summed E-state index contributed by atoms with van der Waals surface area (Å²) in [5.41, 5.74) is -0.522. The lowest BCUT2D eigenvalue weighted by atomic mass is 10.0. The van der Waals surface area contributed by atoms with Crippen molar-refractivity contribution < 1.29 is 27.9 Å². The first-order valence-electron chi connectivity index (χ1n) is 9.62. The number of aliphatic hydroxyl groups is 1. The Morgan fingerprint density at radius 3 is 1.97 bits per heavy atom. The maximum Gasteiger partial charge on any atom is 0.433 e. The standard InChI is InChI=1S/C21H20F3N3O3/c22-21(23,24)17-6-5-16(13-25-17)14-1-3-15(4-2-14)18(28)26-9-11-27(12-10-26)19(29)20(30)7-8-20/h1-6,13,30H,7-12H2. The lowest BCUT2D eigenvalue weighted by Crippen LogP contribution is -2.53. The molecule has 1 saturated carbocycles. The summed E-state index contributed by atoms with van der Waals surface area (Å²) in [6, 6.07) is 8.85. The molecular weight excluding hydrogens is 399 g/mol. The number of piperazine rings is 1. The summed E-state index contributed by atoms with van der Waals surface area (Å²) in [7, 11) is 0. The lowest BCUT2D eigenvalue weighted by molar-refractivity contribution is -0.144. The summed E-state index contributed by atoms with van der Waals surface area (Å²) >= 11 is 0. The topological polar surface area (TPSA) is 73.7 Å². The number of carbonyl (C=O) groups is 2. The molecule has 2 heterocycles. The molecule has 6 nitrogen and oxygen atoms in total. The molecule has 1 aliphatic heterocycles. The summed E-state index contributed by atoms with van der Waals surface area (Å²) in [6.45, 7) is 1.51. The van der Waals surface area contributed by atoms with E-state index in [0.717, 1.165) is 12.3 Å². The molecule has 1 aromatic heterocycles. The van der Waals surface area contributed by atoms with Crippen LogP contribution < -0.4 is 0 Å². The van der Waals surface area contributed by atoms with Crippen molar-refractivity contribution in [3.8, 4) is 11.1 Å². The molecule has 1 aliphatic carbocycles. The monoisotopic (exact) mass is 419 g/mol. The van der Waals surface area contributed by atoms with E-state index in [4.69, 9.17) is 0 Å². The zero-order valence-electron chi connectivity index (χ0n) is 16.0. The number of aromatic nitrogens is 1. The van der Waals surface area contributed by atoms with E-state index in [1.54, 1.807) is 34.1 Å². The highest BCUT2D eigenvalue weighted by atomic mass is 19.4. The second kappa shape index (κ2) is 7.39. The van der Waals surface area contributed by atoms with Gasteiger partial charge in [-0.25, -0.2) is 0 Å². The third kappa shape index (κ3) is 4.02. The molecule has 2 aliphatic rings. The summed E-state index contributed by atoms with van der Waals surface area (Å²) in [5, 5.41) is 9.95. The maximum atomic E-state index is 12.7. The first-order chi connectivity index (χ1) is 14.2. The average molecular weight is 419 g/mol. The molecule has 1 saturated heterocycles. The van der Waals surface area contributed by atoms with E-state index in [1.807, 2.05) is 0 Å². The van der Waals surface area contributed by atoms with Crippen molar-refractivity contribution in [2.24, 2.45) is 0 Å². The summed E-state index contributed by atoms with van der Waals surface area (Å²) in [5.74, 6) is -0.437. The Morgan fingerprint density at radius 2 is 1.47 bits per heavy atom. The van der Waals surface area contributed by atoms with Gasteiger partial charge >= 0.3 is 6.18 Å².